The lowest BCUT2D eigenvalue weighted by Gasteiger charge is -2.07. The van der Waals surface area contributed by atoms with E-state index in [-0.39, 0.29) is 5.69 Å². The van der Waals surface area contributed by atoms with Gasteiger partial charge in [0.25, 0.3) is 5.91 Å². The van der Waals surface area contributed by atoms with Gasteiger partial charge in [0.1, 0.15) is 5.82 Å². The lowest BCUT2D eigenvalue weighted by Crippen LogP contribution is -2.37. The monoisotopic (exact) mass is 384 g/mol. The third-order valence-corrected chi connectivity index (χ3v) is 3.74. The molecule has 0 spiro atoms. The molecular weight excluding hydrogens is 363 g/mol. The van der Waals surface area contributed by atoms with E-state index < -0.39 is 30.3 Å². The summed E-state index contributed by atoms with van der Waals surface area (Å²) in [5.41, 5.74) is 1.93. The number of halogens is 1. The average Bonchev–Trinajstić information content (AvgIpc) is 2.66. The van der Waals surface area contributed by atoms with E-state index in [1.807, 2.05) is 29.6 Å². The lowest BCUT2D eigenvalue weighted by molar-refractivity contribution is -0.143. The first-order valence-electron chi connectivity index (χ1n) is 8.65. The van der Waals surface area contributed by atoms with Crippen LogP contribution < -0.4 is 10.6 Å². The predicted octanol–water partition coefficient (Wildman–Crippen LogP) is 3.85. The van der Waals surface area contributed by atoms with E-state index in [0.29, 0.717) is 5.92 Å². The molecule has 2 rings (SSSR count). The largest absolute Gasteiger partial charge is 0.452 e. The summed E-state index contributed by atoms with van der Waals surface area (Å²) in [4.78, 5) is 35.0. The fourth-order valence-corrected chi connectivity index (χ4v) is 2.22. The molecule has 2 N–H and O–H groups in total. The van der Waals surface area contributed by atoms with Crippen LogP contribution in [0.3, 0.4) is 0 Å². The number of anilines is 1. The van der Waals surface area contributed by atoms with Gasteiger partial charge >= 0.3 is 12.0 Å². The third kappa shape index (κ3) is 6.68. The quantitative estimate of drug-likeness (QED) is 0.585. The van der Waals surface area contributed by atoms with Crippen LogP contribution in [0.15, 0.2) is 54.6 Å². The number of nitrogens with one attached hydrogen (secondary N) is 2. The third-order valence-electron chi connectivity index (χ3n) is 3.74. The Morgan fingerprint density at radius 1 is 1.07 bits per heavy atom. The van der Waals surface area contributed by atoms with Crippen molar-refractivity contribution < 1.29 is 23.5 Å². The summed E-state index contributed by atoms with van der Waals surface area (Å²) in [7, 11) is 0. The van der Waals surface area contributed by atoms with Crippen LogP contribution in [-0.4, -0.2) is 24.5 Å². The Hall–Kier alpha value is -3.48. The molecule has 0 aliphatic rings. The maximum atomic E-state index is 13.4. The standard InChI is InChI=1S/C21H21FN2O4/c1-14(2)16-10-7-15(8-11-16)9-12-20(26)28-13-19(25)24-21(27)23-18-6-4-3-5-17(18)22/h3-12,14H,13H2,1-2H3,(H2,23,24,25,27). The summed E-state index contributed by atoms with van der Waals surface area (Å²) in [5, 5.41) is 4.13. The van der Waals surface area contributed by atoms with E-state index in [1.54, 1.807) is 6.08 Å². The summed E-state index contributed by atoms with van der Waals surface area (Å²) in [6.07, 6.45) is 2.76. The summed E-state index contributed by atoms with van der Waals surface area (Å²) in [5.74, 6) is -1.78. The Balaban J connectivity index is 1.76. The Bertz CT molecular complexity index is 876. The highest BCUT2D eigenvalue weighted by Gasteiger charge is 2.11. The minimum atomic E-state index is -0.924. The molecule has 0 saturated heterocycles. The molecule has 7 heteroatoms. The molecular formula is C21H21FN2O4. The summed E-state index contributed by atoms with van der Waals surface area (Å²) in [6, 6.07) is 12.3. The van der Waals surface area contributed by atoms with Gasteiger partial charge in [0, 0.05) is 6.08 Å². The smallest absolute Gasteiger partial charge is 0.331 e. The number of urea groups is 1. The van der Waals surface area contributed by atoms with Gasteiger partial charge in [-0.25, -0.2) is 14.0 Å². The number of benzene rings is 2. The number of imide groups is 1. The highest BCUT2D eigenvalue weighted by molar-refractivity contribution is 6.02. The molecule has 0 radical (unpaired) electrons. The maximum absolute atomic E-state index is 13.4. The number of esters is 1. The molecule has 3 amide bonds. The van der Waals surface area contributed by atoms with E-state index in [9.17, 15) is 18.8 Å². The second-order valence-electron chi connectivity index (χ2n) is 6.24. The number of para-hydroxylation sites is 1. The molecule has 0 saturated carbocycles. The Labute approximate surface area is 162 Å². The van der Waals surface area contributed by atoms with Crippen LogP contribution in [0.25, 0.3) is 6.08 Å². The summed E-state index contributed by atoms with van der Waals surface area (Å²) < 4.78 is 18.2. The van der Waals surface area contributed by atoms with E-state index >= 15 is 0 Å². The zero-order chi connectivity index (χ0) is 20.5. The topological polar surface area (TPSA) is 84.5 Å². The Morgan fingerprint density at radius 2 is 1.75 bits per heavy atom. The maximum Gasteiger partial charge on any atom is 0.331 e. The van der Waals surface area contributed by atoms with Crippen molar-refractivity contribution in [2.45, 2.75) is 19.8 Å². The van der Waals surface area contributed by atoms with Crippen molar-refractivity contribution >= 4 is 29.7 Å². The van der Waals surface area contributed by atoms with Gasteiger partial charge in [-0.1, -0.05) is 50.2 Å². The van der Waals surface area contributed by atoms with Crippen LogP contribution in [0.4, 0.5) is 14.9 Å². The number of hydrogen-bond acceptors (Lipinski definition) is 4. The number of hydrogen-bond donors (Lipinski definition) is 2. The molecule has 2 aromatic carbocycles. The zero-order valence-corrected chi connectivity index (χ0v) is 15.6. The number of amides is 3. The van der Waals surface area contributed by atoms with E-state index in [0.717, 1.165) is 5.56 Å². The molecule has 146 valence electrons. The second kappa shape index (κ2) is 10.0. The van der Waals surface area contributed by atoms with Gasteiger partial charge in [-0.15, -0.1) is 0 Å². The molecule has 6 nitrogen and oxygen atoms in total. The van der Waals surface area contributed by atoms with Crippen molar-refractivity contribution in [3.05, 3.63) is 71.6 Å². The van der Waals surface area contributed by atoms with Crippen LogP contribution >= 0.6 is 0 Å². The van der Waals surface area contributed by atoms with Gasteiger partial charge in [-0.05, 0) is 35.3 Å². The van der Waals surface area contributed by atoms with E-state index in [4.69, 9.17) is 4.74 Å². The Morgan fingerprint density at radius 3 is 2.39 bits per heavy atom. The van der Waals surface area contributed by atoms with Crippen molar-refractivity contribution in [2.75, 3.05) is 11.9 Å². The molecule has 0 aliphatic heterocycles. The first-order chi connectivity index (χ1) is 13.3. The molecule has 2 aromatic rings. The van der Waals surface area contributed by atoms with Gasteiger partial charge in [-0.2, -0.15) is 0 Å². The van der Waals surface area contributed by atoms with Crippen LogP contribution in [-0.2, 0) is 14.3 Å². The molecule has 0 atom stereocenters. The fourth-order valence-electron chi connectivity index (χ4n) is 2.22. The summed E-state index contributed by atoms with van der Waals surface area (Å²) >= 11 is 0. The average molecular weight is 384 g/mol. The van der Waals surface area contributed by atoms with Crippen molar-refractivity contribution in [3.63, 3.8) is 0 Å². The minimum absolute atomic E-state index is 0.0730. The molecule has 28 heavy (non-hydrogen) atoms. The van der Waals surface area contributed by atoms with Crippen molar-refractivity contribution in [3.8, 4) is 0 Å². The summed E-state index contributed by atoms with van der Waals surface area (Å²) in [6.45, 7) is 3.54. The highest BCUT2D eigenvalue weighted by atomic mass is 19.1. The fraction of sp³-hybridized carbons (Fsp3) is 0.190. The SMILES string of the molecule is CC(C)c1ccc(C=CC(=O)OCC(=O)NC(=O)Nc2ccccc2F)cc1. The number of carbonyl (C=O) groups is 3. The number of carbonyl (C=O) groups excluding carboxylic acids is 3. The van der Waals surface area contributed by atoms with Gasteiger partial charge in [-0.3, -0.25) is 10.1 Å². The normalized spacial score (nSPS) is 10.7. The van der Waals surface area contributed by atoms with Gasteiger partial charge < -0.3 is 10.1 Å². The van der Waals surface area contributed by atoms with Crippen LogP contribution in [0.5, 0.6) is 0 Å². The van der Waals surface area contributed by atoms with Gasteiger partial charge in [0.15, 0.2) is 6.61 Å². The highest BCUT2D eigenvalue weighted by Crippen LogP contribution is 2.15. The molecule has 0 aliphatic carbocycles. The molecule has 0 unspecified atom stereocenters. The van der Waals surface area contributed by atoms with Gasteiger partial charge in [0.2, 0.25) is 0 Å². The molecule has 0 bridgehead atoms. The zero-order valence-electron chi connectivity index (χ0n) is 15.6. The second-order valence-corrected chi connectivity index (χ2v) is 6.24. The van der Waals surface area contributed by atoms with Gasteiger partial charge in [0.05, 0.1) is 5.69 Å². The first-order valence-corrected chi connectivity index (χ1v) is 8.65. The van der Waals surface area contributed by atoms with E-state index in [1.165, 1.54) is 35.9 Å². The molecule has 0 aromatic heterocycles. The minimum Gasteiger partial charge on any atom is -0.452 e. The number of rotatable bonds is 6. The predicted molar refractivity (Wildman–Crippen MR) is 104 cm³/mol. The first kappa shape index (κ1) is 20.8. The lowest BCUT2D eigenvalue weighted by atomic mass is 10.0. The van der Waals surface area contributed by atoms with Crippen LogP contribution in [0.2, 0.25) is 0 Å². The van der Waals surface area contributed by atoms with Crippen LogP contribution in [0.1, 0.15) is 30.9 Å². The molecule has 0 heterocycles. The Kier molecular flexibility index (Phi) is 7.45. The van der Waals surface area contributed by atoms with E-state index in [2.05, 4.69) is 19.2 Å². The molecule has 0 fully saturated rings. The van der Waals surface area contributed by atoms with Crippen molar-refractivity contribution in [1.29, 1.82) is 0 Å². The van der Waals surface area contributed by atoms with Crippen molar-refractivity contribution in [1.82, 2.24) is 5.32 Å². The van der Waals surface area contributed by atoms with Crippen LogP contribution in [0, 0.1) is 5.82 Å². The van der Waals surface area contributed by atoms with Crippen molar-refractivity contribution in [2.24, 2.45) is 0 Å². The number of ether oxygens (including phenoxy) is 1.